The zero-order valence-corrected chi connectivity index (χ0v) is 11.6. The van der Waals surface area contributed by atoms with E-state index in [1.807, 2.05) is 0 Å². The summed E-state index contributed by atoms with van der Waals surface area (Å²) in [4.78, 5) is 4.03. The summed E-state index contributed by atoms with van der Waals surface area (Å²) >= 11 is 0. The van der Waals surface area contributed by atoms with Crippen molar-refractivity contribution in [2.45, 2.75) is 11.5 Å². The second-order valence-electron chi connectivity index (χ2n) is 3.98. The van der Waals surface area contributed by atoms with E-state index in [4.69, 9.17) is 9.84 Å². The minimum Gasteiger partial charge on any atom is -0.497 e. The van der Waals surface area contributed by atoms with Crippen molar-refractivity contribution in [1.29, 1.82) is 0 Å². The number of pyridine rings is 1. The van der Waals surface area contributed by atoms with Crippen LogP contribution in [0.5, 0.6) is 5.75 Å². The lowest BCUT2D eigenvalue weighted by Crippen LogP contribution is -2.13. The highest BCUT2D eigenvalue weighted by atomic mass is 32.2. The molecule has 0 aliphatic heterocycles. The molecule has 1 aromatic heterocycles. The summed E-state index contributed by atoms with van der Waals surface area (Å²) in [6.07, 6.45) is 1.35. The molecule has 106 valence electrons. The quantitative estimate of drug-likeness (QED) is 0.869. The summed E-state index contributed by atoms with van der Waals surface area (Å²) in [6, 6.07) is 9.14. The molecule has 0 radical (unpaired) electrons. The van der Waals surface area contributed by atoms with Gasteiger partial charge in [-0.1, -0.05) is 0 Å². The van der Waals surface area contributed by atoms with Gasteiger partial charge in [0.15, 0.2) is 0 Å². The normalized spacial score (nSPS) is 11.1. The van der Waals surface area contributed by atoms with Gasteiger partial charge in [0.1, 0.15) is 5.75 Å². The number of sulfonamides is 1. The number of nitrogens with one attached hydrogen (secondary N) is 1. The van der Waals surface area contributed by atoms with Crippen molar-refractivity contribution in [3.8, 4) is 5.75 Å². The molecule has 1 heterocycles. The van der Waals surface area contributed by atoms with E-state index in [-0.39, 0.29) is 11.5 Å². The largest absolute Gasteiger partial charge is 0.497 e. The zero-order valence-electron chi connectivity index (χ0n) is 10.8. The molecule has 0 aliphatic carbocycles. The molecule has 2 rings (SSSR count). The smallest absolute Gasteiger partial charge is 0.261 e. The molecule has 0 saturated carbocycles. The number of hydrogen-bond acceptors (Lipinski definition) is 5. The molecule has 7 heteroatoms. The van der Waals surface area contributed by atoms with E-state index in [0.717, 1.165) is 0 Å². The van der Waals surface area contributed by atoms with Crippen LogP contribution in [-0.4, -0.2) is 25.6 Å². The minimum absolute atomic E-state index is 0.129. The molecule has 6 nitrogen and oxygen atoms in total. The highest BCUT2D eigenvalue weighted by Crippen LogP contribution is 2.18. The Morgan fingerprint density at radius 2 is 1.90 bits per heavy atom. The third kappa shape index (κ3) is 3.25. The van der Waals surface area contributed by atoms with Crippen LogP contribution >= 0.6 is 0 Å². The highest BCUT2D eigenvalue weighted by molar-refractivity contribution is 7.92. The summed E-state index contributed by atoms with van der Waals surface area (Å²) in [7, 11) is -2.16. The lowest BCUT2D eigenvalue weighted by Gasteiger charge is -2.08. The van der Waals surface area contributed by atoms with Gasteiger partial charge in [-0.05, 0) is 36.4 Å². The predicted octanol–water partition coefficient (Wildman–Crippen LogP) is 1.38. The molecule has 20 heavy (non-hydrogen) atoms. The molecule has 0 atom stereocenters. The number of nitrogens with zero attached hydrogens (tertiary/aromatic N) is 1. The average Bonchev–Trinajstić information content (AvgIpc) is 2.48. The van der Waals surface area contributed by atoms with Gasteiger partial charge in [0.25, 0.3) is 10.0 Å². The summed E-state index contributed by atoms with van der Waals surface area (Å²) in [5.74, 6) is 0.581. The maximum atomic E-state index is 12.1. The first kappa shape index (κ1) is 14.3. The SMILES string of the molecule is COc1ccc(S(=O)(=O)Nc2ccc(CO)nc2)cc1. The fourth-order valence-corrected chi connectivity index (χ4v) is 2.59. The molecule has 0 fully saturated rings. The molecule has 0 saturated heterocycles. The minimum atomic E-state index is -3.67. The molecule has 0 aliphatic rings. The first-order valence-corrected chi connectivity index (χ1v) is 7.26. The number of ether oxygens (including phenoxy) is 1. The monoisotopic (exact) mass is 294 g/mol. The Balaban J connectivity index is 2.20. The van der Waals surface area contributed by atoms with Crippen LogP contribution in [0.2, 0.25) is 0 Å². The van der Waals surface area contributed by atoms with E-state index in [0.29, 0.717) is 17.1 Å². The van der Waals surface area contributed by atoms with E-state index in [2.05, 4.69) is 9.71 Å². The van der Waals surface area contributed by atoms with E-state index < -0.39 is 10.0 Å². The second-order valence-corrected chi connectivity index (χ2v) is 5.66. The first-order chi connectivity index (χ1) is 9.55. The maximum absolute atomic E-state index is 12.1. The highest BCUT2D eigenvalue weighted by Gasteiger charge is 2.14. The van der Waals surface area contributed by atoms with Crippen LogP contribution in [0.3, 0.4) is 0 Å². The third-order valence-electron chi connectivity index (χ3n) is 2.61. The summed E-state index contributed by atoms with van der Waals surface area (Å²) in [5, 5.41) is 8.88. The molecule has 0 spiro atoms. The van der Waals surface area contributed by atoms with Gasteiger partial charge in [-0.2, -0.15) is 0 Å². The number of benzene rings is 1. The molecule has 0 bridgehead atoms. The zero-order chi connectivity index (χ0) is 14.6. The first-order valence-electron chi connectivity index (χ1n) is 5.78. The Bertz CT molecular complexity index is 667. The van der Waals surface area contributed by atoms with E-state index >= 15 is 0 Å². The van der Waals surface area contributed by atoms with Crippen molar-refractivity contribution in [1.82, 2.24) is 4.98 Å². The van der Waals surface area contributed by atoms with Crippen LogP contribution in [-0.2, 0) is 16.6 Å². The van der Waals surface area contributed by atoms with Gasteiger partial charge >= 0.3 is 0 Å². The number of rotatable bonds is 5. The topological polar surface area (TPSA) is 88.5 Å². The molecular formula is C13H14N2O4S. The van der Waals surface area contributed by atoms with E-state index in [9.17, 15) is 8.42 Å². The van der Waals surface area contributed by atoms with Crippen LogP contribution in [0.4, 0.5) is 5.69 Å². The van der Waals surface area contributed by atoms with Gasteiger partial charge in [0.2, 0.25) is 0 Å². The van der Waals surface area contributed by atoms with E-state index in [1.165, 1.54) is 25.4 Å². The number of aliphatic hydroxyl groups is 1. The third-order valence-corrected chi connectivity index (χ3v) is 4.01. The lowest BCUT2D eigenvalue weighted by molar-refractivity contribution is 0.277. The van der Waals surface area contributed by atoms with Gasteiger partial charge in [0.05, 0.1) is 36.2 Å². The van der Waals surface area contributed by atoms with Crippen molar-refractivity contribution in [3.63, 3.8) is 0 Å². The fraction of sp³-hybridized carbons (Fsp3) is 0.154. The van der Waals surface area contributed by atoms with Crippen LogP contribution in [0.25, 0.3) is 0 Å². The van der Waals surface area contributed by atoms with Crippen molar-refractivity contribution in [2.75, 3.05) is 11.8 Å². The number of aromatic nitrogens is 1. The van der Waals surface area contributed by atoms with Crippen molar-refractivity contribution in [2.24, 2.45) is 0 Å². The maximum Gasteiger partial charge on any atom is 0.261 e. The summed E-state index contributed by atoms with van der Waals surface area (Å²) < 4.78 is 31.6. The summed E-state index contributed by atoms with van der Waals surface area (Å²) in [6.45, 7) is -0.189. The standard InChI is InChI=1S/C13H14N2O4S/c1-19-12-4-6-13(7-5-12)20(17,18)15-10-2-3-11(9-16)14-8-10/h2-8,15-16H,9H2,1H3. The Labute approximate surface area is 117 Å². The number of methoxy groups -OCH3 is 1. The fourth-order valence-electron chi connectivity index (χ4n) is 1.55. The molecule has 2 N–H and O–H groups in total. The van der Waals surface area contributed by atoms with Crippen LogP contribution in [0, 0.1) is 0 Å². The van der Waals surface area contributed by atoms with Gasteiger partial charge in [-0.15, -0.1) is 0 Å². The van der Waals surface area contributed by atoms with Crippen LogP contribution < -0.4 is 9.46 Å². The number of aliphatic hydroxyl groups excluding tert-OH is 1. The van der Waals surface area contributed by atoms with Crippen LogP contribution in [0.1, 0.15) is 5.69 Å². The molecule has 2 aromatic rings. The molecular weight excluding hydrogens is 280 g/mol. The number of hydrogen-bond donors (Lipinski definition) is 2. The number of anilines is 1. The average molecular weight is 294 g/mol. The van der Waals surface area contributed by atoms with Gasteiger partial charge in [-0.25, -0.2) is 8.42 Å². The van der Waals surface area contributed by atoms with Gasteiger partial charge in [0, 0.05) is 0 Å². The Hall–Kier alpha value is -2.12. The second kappa shape index (κ2) is 5.89. The van der Waals surface area contributed by atoms with Gasteiger partial charge < -0.3 is 9.84 Å². The molecule has 0 unspecified atom stereocenters. The summed E-state index contributed by atoms with van der Waals surface area (Å²) in [5.41, 5.74) is 0.801. The molecule has 1 aromatic carbocycles. The Morgan fingerprint density at radius 1 is 1.20 bits per heavy atom. The van der Waals surface area contributed by atoms with Gasteiger partial charge in [-0.3, -0.25) is 9.71 Å². The lowest BCUT2D eigenvalue weighted by atomic mass is 10.3. The Morgan fingerprint density at radius 3 is 2.40 bits per heavy atom. The van der Waals surface area contributed by atoms with Crippen molar-refractivity contribution >= 4 is 15.7 Å². The van der Waals surface area contributed by atoms with Crippen molar-refractivity contribution < 1.29 is 18.3 Å². The predicted molar refractivity (Wildman–Crippen MR) is 74.0 cm³/mol. The Kier molecular flexibility index (Phi) is 4.21. The van der Waals surface area contributed by atoms with Crippen molar-refractivity contribution in [3.05, 3.63) is 48.3 Å². The van der Waals surface area contributed by atoms with Crippen LogP contribution in [0.15, 0.2) is 47.5 Å². The van der Waals surface area contributed by atoms with E-state index in [1.54, 1.807) is 24.3 Å². The molecule has 0 amide bonds.